The summed E-state index contributed by atoms with van der Waals surface area (Å²) in [6.45, 7) is 4.04. The topological polar surface area (TPSA) is 60.1 Å². The molecule has 0 saturated heterocycles. The number of anilines is 1. The molecule has 1 aliphatic rings. The molecule has 6 nitrogen and oxygen atoms in total. The molecule has 3 rings (SSSR count). The highest BCUT2D eigenvalue weighted by molar-refractivity contribution is 9.10. The molecular weight excluding hydrogens is 324 g/mol. The molecule has 0 fully saturated rings. The summed E-state index contributed by atoms with van der Waals surface area (Å²) in [7, 11) is 0. The number of rotatable bonds is 2. The summed E-state index contributed by atoms with van der Waals surface area (Å²) >= 11 is 3.35. The van der Waals surface area contributed by atoms with Gasteiger partial charge >= 0.3 is 11.7 Å². The van der Waals surface area contributed by atoms with Gasteiger partial charge in [-0.1, -0.05) is 15.9 Å². The van der Waals surface area contributed by atoms with Gasteiger partial charge in [0.25, 0.3) is 0 Å². The number of amides is 1. The second-order valence-corrected chi connectivity index (χ2v) is 5.83. The summed E-state index contributed by atoms with van der Waals surface area (Å²) in [6.07, 6.45) is 0. The van der Waals surface area contributed by atoms with Crippen molar-refractivity contribution < 1.29 is 4.79 Å². The molecule has 0 bridgehead atoms. The Kier molecular flexibility index (Phi) is 3.01. The van der Waals surface area contributed by atoms with E-state index in [0.29, 0.717) is 12.4 Å². The first-order chi connectivity index (χ1) is 9.49. The average molecular weight is 337 g/mol. The number of nitrogens with zero attached hydrogens (tertiary/aromatic N) is 4. The zero-order valence-corrected chi connectivity index (χ0v) is 12.7. The number of benzene rings is 1. The van der Waals surface area contributed by atoms with Crippen LogP contribution in [0, 0.1) is 0 Å². The lowest BCUT2D eigenvalue weighted by atomic mass is 10.3. The molecular formula is C13H13BrN4O2. The van der Waals surface area contributed by atoms with E-state index in [1.54, 1.807) is 4.90 Å². The molecule has 0 aliphatic carbocycles. The summed E-state index contributed by atoms with van der Waals surface area (Å²) in [5, 5.41) is 4.23. The van der Waals surface area contributed by atoms with Gasteiger partial charge in [0.15, 0.2) is 5.82 Å². The van der Waals surface area contributed by atoms with E-state index in [2.05, 4.69) is 21.0 Å². The number of hydrogen-bond acceptors (Lipinski definition) is 3. The van der Waals surface area contributed by atoms with Gasteiger partial charge in [-0.3, -0.25) is 4.90 Å². The van der Waals surface area contributed by atoms with Gasteiger partial charge in [0, 0.05) is 10.2 Å². The molecule has 1 aromatic carbocycles. The van der Waals surface area contributed by atoms with Gasteiger partial charge in [-0.25, -0.2) is 14.3 Å². The van der Waals surface area contributed by atoms with E-state index in [1.807, 2.05) is 38.1 Å². The van der Waals surface area contributed by atoms with Crippen molar-refractivity contribution in [1.29, 1.82) is 0 Å². The van der Waals surface area contributed by atoms with E-state index < -0.39 is 0 Å². The first kappa shape index (κ1) is 13.1. The van der Waals surface area contributed by atoms with E-state index in [0.717, 1.165) is 14.7 Å². The summed E-state index contributed by atoms with van der Waals surface area (Å²) in [5.41, 5.74) is 0.374. The fraction of sp³-hybridized carbons (Fsp3) is 0.308. The Morgan fingerprint density at radius 3 is 2.40 bits per heavy atom. The Balaban J connectivity index is 2.00. The van der Waals surface area contributed by atoms with Crippen molar-refractivity contribution in [3.8, 4) is 0 Å². The molecule has 0 spiro atoms. The number of fused-ring (bicyclic) bond motifs is 1. The molecule has 2 heterocycles. The summed E-state index contributed by atoms with van der Waals surface area (Å²) in [6, 6.07) is 6.96. The SMILES string of the molecule is CC(C)n1nc2n(c1=O)C(=O)N(c1ccc(Br)cc1)C2. The maximum atomic E-state index is 12.4. The maximum Gasteiger partial charge on any atom is 0.354 e. The molecule has 0 unspecified atom stereocenters. The second-order valence-electron chi connectivity index (χ2n) is 4.92. The van der Waals surface area contributed by atoms with Crippen molar-refractivity contribution >= 4 is 27.6 Å². The Hall–Kier alpha value is -1.89. The summed E-state index contributed by atoms with van der Waals surface area (Å²) < 4.78 is 3.42. The van der Waals surface area contributed by atoms with Gasteiger partial charge in [-0.15, -0.1) is 0 Å². The van der Waals surface area contributed by atoms with Crippen LogP contribution in [-0.4, -0.2) is 20.4 Å². The Morgan fingerprint density at radius 2 is 1.85 bits per heavy atom. The molecule has 0 saturated carbocycles. The van der Waals surface area contributed by atoms with Gasteiger partial charge < -0.3 is 0 Å². The second kappa shape index (κ2) is 4.59. The van der Waals surface area contributed by atoms with Crippen LogP contribution in [0.1, 0.15) is 25.7 Å². The van der Waals surface area contributed by atoms with E-state index >= 15 is 0 Å². The maximum absolute atomic E-state index is 12.4. The van der Waals surface area contributed by atoms with Crippen molar-refractivity contribution in [2.24, 2.45) is 0 Å². The zero-order chi connectivity index (χ0) is 14.4. The molecule has 104 valence electrons. The highest BCUT2D eigenvalue weighted by atomic mass is 79.9. The van der Waals surface area contributed by atoms with Gasteiger partial charge in [0.1, 0.15) is 0 Å². The third-order valence-corrected chi connectivity index (χ3v) is 3.75. The number of carbonyl (C=O) groups excluding carboxylic acids is 1. The van der Waals surface area contributed by atoms with Gasteiger partial charge in [-0.2, -0.15) is 9.67 Å². The Labute approximate surface area is 123 Å². The third kappa shape index (κ3) is 1.89. The monoisotopic (exact) mass is 336 g/mol. The van der Waals surface area contributed by atoms with Crippen LogP contribution >= 0.6 is 15.9 Å². The normalized spacial score (nSPS) is 14.2. The van der Waals surface area contributed by atoms with Gasteiger partial charge in [-0.05, 0) is 38.1 Å². The molecule has 0 radical (unpaired) electrons. The third-order valence-electron chi connectivity index (χ3n) is 3.22. The Bertz CT molecular complexity index is 730. The van der Waals surface area contributed by atoms with Crippen LogP contribution in [0.25, 0.3) is 0 Å². The number of aromatic nitrogens is 3. The highest BCUT2D eigenvalue weighted by Gasteiger charge is 2.33. The standard InChI is InChI=1S/C13H13BrN4O2/c1-8(2)18-13(20)17-11(15-18)7-16(12(17)19)10-5-3-9(14)4-6-10/h3-6,8H,7H2,1-2H3. The zero-order valence-electron chi connectivity index (χ0n) is 11.1. The van der Waals surface area contributed by atoms with Crippen LogP contribution in [0.3, 0.4) is 0 Å². The van der Waals surface area contributed by atoms with Gasteiger partial charge in [0.05, 0.1) is 12.6 Å². The van der Waals surface area contributed by atoms with E-state index in [4.69, 9.17) is 0 Å². The molecule has 20 heavy (non-hydrogen) atoms. The van der Waals surface area contributed by atoms with Crippen molar-refractivity contribution in [2.75, 3.05) is 4.90 Å². The van der Waals surface area contributed by atoms with Crippen molar-refractivity contribution in [3.63, 3.8) is 0 Å². The molecule has 0 N–H and O–H groups in total. The van der Waals surface area contributed by atoms with Gasteiger partial charge in [0.2, 0.25) is 0 Å². The van der Waals surface area contributed by atoms with Crippen LogP contribution in [0.2, 0.25) is 0 Å². The lowest BCUT2D eigenvalue weighted by molar-refractivity contribution is 0.249. The van der Waals surface area contributed by atoms with E-state index in [1.165, 1.54) is 4.68 Å². The number of halogens is 1. The van der Waals surface area contributed by atoms with Crippen LogP contribution in [0.5, 0.6) is 0 Å². The van der Waals surface area contributed by atoms with Crippen molar-refractivity contribution in [2.45, 2.75) is 26.4 Å². The molecule has 2 aromatic rings. The van der Waals surface area contributed by atoms with E-state index in [-0.39, 0.29) is 17.8 Å². The lowest BCUT2D eigenvalue weighted by Crippen LogP contribution is -2.35. The quantitative estimate of drug-likeness (QED) is 0.845. The predicted molar refractivity (Wildman–Crippen MR) is 78.0 cm³/mol. The average Bonchev–Trinajstić information content (AvgIpc) is 2.89. The molecule has 1 aliphatic heterocycles. The fourth-order valence-corrected chi connectivity index (χ4v) is 2.47. The highest BCUT2D eigenvalue weighted by Crippen LogP contribution is 2.24. The molecule has 1 aromatic heterocycles. The minimum atomic E-state index is -0.375. The fourth-order valence-electron chi connectivity index (χ4n) is 2.21. The van der Waals surface area contributed by atoms with E-state index in [9.17, 15) is 9.59 Å². The molecule has 7 heteroatoms. The first-order valence-electron chi connectivity index (χ1n) is 6.27. The van der Waals surface area contributed by atoms with Crippen molar-refractivity contribution in [1.82, 2.24) is 14.3 Å². The summed E-state index contributed by atoms with van der Waals surface area (Å²) in [5.74, 6) is 0.483. The summed E-state index contributed by atoms with van der Waals surface area (Å²) in [4.78, 5) is 26.1. The first-order valence-corrected chi connectivity index (χ1v) is 7.06. The molecule has 0 atom stereocenters. The lowest BCUT2D eigenvalue weighted by Gasteiger charge is -2.15. The number of hydrogen-bond donors (Lipinski definition) is 0. The van der Waals surface area contributed by atoms with Crippen molar-refractivity contribution in [3.05, 3.63) is 45.0 Å². The molecule has 1 amide bonds. The van der Waals surface area contributed by atoms with Crippen LogP contribution < -0.4 is 10.6 Å². The Morgan fingerprint density at radius 1 is 1.20 bits per heavy atom. The van der Waals surface area contributed by atoms with Crippen LogP contribution in [0.15, 0.2) is 33.5 Å². The predicted octanol–water partition coefficient (Wildman–Crippen LogP) is 2.38. The minimum Gasteiger partial charge on any atom is -0.286 e. The minimum absolute atomic E-state index is 0.0606. The van der Waals surface area contributed by atoms with Crippen LogP contribution in [-0.2, 0) is 6.54 Å². The number of carbonyl (C=O) groups is 1. The largest absolute Gasteiger partial charge is 0.354 e. The smallest absolute Gasteiger partial charge is 0.286 e. The van der Waals surface area contributed by atoms with Crippen LogP contribution in [0.4, 0.5) is 10.5 Å².